The van der Waals surface area contributed by atoms with Crippen LogP contribution >= 0.6 is 0 Å². The second kappa shape index (κ2) is 4.36. The third-order valence-electron chi connectivity index (χ3n) is 1.73. The molecule has 7 heavy (non-hydrogen) atoms. The van der Waals surface area contributed by atoms with Gasteiger partial charge in [-0.1, -0.05) is 20.5 Å². The van der Waals surface area contributed by atoms with E-state index >= 15 is 0 Å². The van der Waals surface area contributed by atoms with Gasteiger partial charge in [-0.05, 0) is 0 Å². The molecule has 0 bridgehead atoms. The van der Waals surface area contributed by atoms with E-state index in [1.165, 1.54) is 21.8 Å². The molecular formula is C4H13B3. The van der Waals surface area contributed by atoms with Crippen LogP contribution in [0.2, 0.25) is 26.1 Å². The van der Waals surface area contributed by atoms with Crippen LogP contribution in [0.15, 0.2) is 0 Å². The average Bonchev–Trinajstić information content (AvgIpc) is 1.72. The highest BCUT2D eigenvalue weighted by Gasteiger charge is 2.00. The number of hydrogen-bond donors (Lipinski definition) is 0. The minimum Gasteiger partial charge on any atom is -0.114 e. The Morgan fingerprint density at radius 3 is 1.14 bits per heavy atom. The topological polar surface area (TPSA) is 0 Å². The van der Waals surface area contributed by atoms with Gasteiger partial charge >= 0.3 is 0 Å². The first-order valence-corrected chi connectivity index (χ1v) is 3.35. The van der Waals surface area contributed by atoms with E-state index < -0.39 is 0 Å². The second-order valence-corrected chi connectivity index (χ2v) is 2.09. The van der Waals surface area contributed by atoms with Gasteiger partial charge in [-0.3, -0.25) is 0 Å². The zero-order valence-electron chi connectivity index (χ0n) is 5.70. The molecule has 0 aromatic rings. The van der Waals surface area contributed by atoms with Crippen molar-refractivity contribution in [3.8, 4) is 0 Å². The van der Waals surface area contributed by atoms with Crippen LogP contribution in [0.4, 0.5) is 0 Å². The molecule has 0 radical (unpaired) electrons. The highest BCUT2D eigenvalue weighted by molar-refractivity contribution is 6.74. The smallest absolute Gasteiger partial charge is 0.105 e. The van der Waals surface area contributed by atoms with Gasteiger partial charge in [-0.2, -0.15) is 0 Å². The molecule has 0 unspecified atom stereocenters. The van der Waals surface area contributed by atoms with Crippen LogP contribution in [-0.4, -0.2) is 21.8 Å². The molecule has 0 aliphatic carbocycles. The third-order valence-corrected chi connectivity index (χ3v) is 1.73. The monoisotopic (exact) mass is 94.1 g/mol. The van der Waals surface area contributed by atoms with Crippen molar-refractivity contribution in [1.29, 1.82) is 0 Å². The minimum atomic E-state index is 0.986. The van der Waals surface area contributed by atoms with Gasteiger partial charge in [0.2, 0.25) is 0 Å². The second-order valence-electron chi connectivity index (χ2n) is 2.09. The number of hydrogen-bond acceptors (Lipinski definition) is 0. The van der Waals surface area contributed by atoms with Crippen LogP contribution in [-0.2, 0) is 0 Å². The highest BCUT2D eigenvalue weighted by Crippen LogP contribution is 1.94. The van der Waals surface area contributed by atoms with Gasteiger partial charge in [-0.15, -0.1) is 5.62 Å². The van der Waals surface area contributed by atoms with Crippen molar-refractivity contribution in [2.24, 2.45) is 0 Å². The molecule has 0 aliphatic rings. The minimum absolute atomic E-state index is 0.986. The normalized spacial score (nSPS) is 8.57. The molecule has 3 heteroatoms. The van der Waals surface area contributed by atoms with Gasteiger partial charge in [0.25, 0.3) is 0 Å². The molecule has 0 rings (SSSR count). The average molecular weight is 93.6 g/mol. The van der Waals surface area contributed by atoms with Crippen molar-refractivity contribution in [2.75, 3.05) is 0 Å². The molecule has 0 saturated heterocycles. The van der Waals surface area contributed by atoms with Crippen molar-refractivity contribution in [1.82, 2.24) is 0 Å². The predicted octanol–water partition coefficient (Wildman–Crippen LogP) is 0.144. The van der Waals surface area contributed by atoms with Gasteiger partial charge in [0, 0.05) is 0 Å². The summed E-state index contributed by atoms with van der Waals surface area (Å²) in [4.78, 5) is 0. The Morgan fingerprint density at radius 2 is 1.14 bits per heavy atom. The Labute approximate surface area is 48.8 Å². The largest absolute Gasteiger partial charge is 0.114 e. The Kier molecular flexibility index (Phi) is 4.48. The summed E-state index contributed by atoms with van der Waals surface area (Å²) in [5, 5.41) is 0. The Balaban J connectivity index is 2.99. The third kappa shape index (κ3) is 2.84. The quantitative estimate of drug-likeness (QED) is 0.436. The van der Waals surface area contributed by atoms with E-state index in [0.29, 0.717) is 0 Å². The van der Waals surface area contributed by atoms with Gasteiger partial charge in [0.05, 0.1) is 0 Å². The van der Waals surface area contributed by atoms with Crippen LogP contribution < -0.4 is 0 Å². The summed E-state index contributed by atoms with van der Waals surface area (Å²) in [5.41, 5.74) is 0.986. The van der Waals surface area contributed by atoms with Crippen molar-refractivity contribution in [3.05, 3.63) is 0 Å². The summed E-state index contributed by atoms with van der Waals surface area (Å²) in [6.07, 6.45) is 0. The molecular weight excluding hydrogens is 80.5 g/mol. The molecule has 0 nitrogen and oxygen atoms in total. The molecule has 38 valence electrons. The van der Waals surface area contributed by atoms with E-state index in [9.17, 15) is 0 Å². The summed E-state index contributed by atoms with van der Waals surface area (Å²) >= 11 is 0. The molecule has 0 fully saturated rings. The SMILES string of the molecule is CBC(BC)BC. The maximum atomic E-state index is 2.26. The number of rotatable bonds is 3. The van der Waals surface area contributed by atoms with Crippen LogP contribution in [0.3, 0.4) is 0 Å². The first-order chi connectivity index (χ1) is 3.35. The van der Waals surface area contributed by atoms with Crippen molar-refractivity contribution >= 4 is 21.8 Å². The fourth-order valence-corrected chi connectivity index (χ4v) is 0.866. The standard InChI is InChI=1S/C4H13B3/c1-5-4(6-2)7-3/h4-7H,1-3H3. The van der Waals surface area contributed by atoms with E-state index in [-0.39, 0.29) is 0 Å². The molecule has 0 saturated carbocycles. The van der Waals surface area contributed by atoms with Crippen molar-refractivity contribution in [2.45, 2.75) is 26.1 Å². The molecule has 0 N–H and O–H groups in total. The molecule has 0 heterocycles. The lowest BCUT2D eigenvalue weighted by atomic mass is 9.32. The highest BCUT2D eigenvalue weighted by atomic mass is 13.5. The Morgan fingerprint density at radius 1 is 0.857 bits per heavy atom. The molecule has 0 amide bonds. The molecule has 0 aromatic carbocycles. The van der Waals surface area contributed by atoms with E-state index in [2.05, 4.69) is 20.5 Å². The molecule has 0 atom stereocenters. The fraction of sp³-hybridized carbons (Fsp3) is 1.00. The lowest BCUT2D eigenvalue weighted by Crippen LogP contribution is -2.10. The molecule has 0 aliphatic heterocycles. The Hall–Kier alpha value is 0.195. The van der Waals surface area contributed by atoms with Gasteiger partial charge in [0.15, 0.2) is 0 Å². The molecule has 0 aromatic heterocycles. The maximum Gasteiger partial charge on any atom is 0.105 e. The predicted molar refractivity (Wildman–Crippen MR) is 42.8 cm³/mol. The first kappa shape index (κ1) is 7.19. The Bertz CT molecular complexity index is 28.4. The van der Waals surface area contributed by atoms with Crippen LogP contribution in [0.1, 0.15) is 0 Å². The maximum absolute atomic E-state index is 2.26. The lowest BCUT2D eigenvalue weighted by Gasteiger charge is -2.00. The summed E-state index contributed by atoms with van der Waals surface area (Å²) < 4.78 is 0. The van der Waals surface area contributed by atoms with Gasteiger partial charge in [-0.25, -0.2) is 0 Å². The summed E-state index contributed by atoms with van der Waals surface area (Å²) in [6, 6.07) is 0. The van der Waals surface area contributed by atoms with Crippen LogP contribution in [0, 0.1) is 0 Å². The summed E-state index contributed by atoms with van der Waals surface area (Å²) in [5.74, 6) is 0. The summed E-state index contributed by atoms with van der Waals surface area (Å²) in [7, 11) is 4.06. The summed E-state index contributed by atoms with van der Waals surface area (Å²) in [6.45, 7) is 6.78. The van der Waals surface area contributed by atoms with Crippen molar-refractivity contribution < 1.29 is 0 Å². The van der Waals surface area contributed by atoms with Gasteiger partial charge in [0.1, 0.15) is 21.8 Å². The van der Waals surface area contributed by atoms with Crippen LogP contribution in [0.5, 0.6) is 0 Å². The zero-order chi connectivity index (χ0) is 5.70. The van der Waals surface area contributed by atoms with Gasteiger partial charge < -0.3 is 0 Å². The zero-order valence-corrected chi connectivity index (χ0v) is 5.70. The molecule has 0 spiro atoms. The van der Waals surface area contributed by atoms with Crippen LogP contribution in [0.25, 0.3) is 0 Å². The fourth-order valence-electron chi connectivity index (χ4n) is 0.866. The van der Waals surface area contributed by atoms with E-state index in [4.69, 9.17) is 0 Å². The van der Waals surface area contributed by atoms with Crippen molar-refractivity contribution in [3.63, 3.8) is 0 Å². The lowest BCUT2D eigenvalue weighted by molar-refractivity contribution is 1.71. The van der Waals surface area contributed by atoms with E-state index in [0.717, 1.165) is 5.62 Å². The van der Waals surface area contributed by atoms with E-state index in [1.807, 2.05) is 0 Å². The van der Waals surface area contributed by atoms with E-state index in [1.54, 1.807) is 0 Å². The first-order valence-electron chi connectivity index (χ1n) is 3.35.